The number of halogens is 1. The molecule has 0 aliphatic heterocycles. The van der Waals surface area contributed by atoms with Gasteiger partial charge in [0.05, 0.1) is 10.4 Å². The first-order valence-corrected chi connectivity index (χ1v) is 3.98. The maximum absolute atomic E-state index is 5.95. The lowest BCUT2D eigenvalue weighted by Gasteiger charge is -1.94. The van der Waals surface area contributed by atoms with Crippen molar-refractivity contribution in [2.45, 2.75) is 6.92 Å². The zero-order valence-electron chi connectivity index (χ0n) is 6.97. The Morgan fingerprint density at radius 1 is 1.58 bits per heavy atom. The van der Waals surface area contributed by atoms with E-state index in [1.54, 1.807) is 12.2 Å². The molecule has 0 fully saturated rings. The van der Waals surface area contributed by atoms with E-state index in [2.05, 4.69) is 18.1 Å². The molecule has 0 atom stereocenters. The zero-order chi connectivity index (χ0) is 9.14. The Morgan fingerprint density at radius 3 is 2.75 bits per heavy atom. The van der Waals surface area contributed by atoms with Crippen molar-refractivity contribution in [2.24, 2.45) is 0 Å². The second kappa shape index (κ2) is 3.55. The largest absolute Gasteiger partial charge is 0.254 e. The quantitative estimate of drug-likeness (QED) is 0.636. The normalized spacial score (nSPS) is 11.7. The Balaban J connectivity index is 3.60. The van der Waals surface area contributed by atoms with Crippen molar-refractivity contribution in [3.8, 4) is 0 Å². The van der Waals surface area contributed by atoms with Crippen LogP contribution < -0.4 is 10.6 Å². The number of hydrogen-bond acceptors (Lipinski definition) is 1. The van der Waals surface area contributed by atoms with E-state index in [9.17, 15) is 0 Å². The van der Waals surface area contributed by atoms with Crippen molar-refractivity contribution in [3.63, 3.8) is 0 Å². The lowest BCUT2D eigenvalue weighted by atomic mass is 10.3. The molecule has 0 spiro atoms. The van der Waals surface area contributed by atoms with Crippen LogP contribution in [-0.2, 0) is 0 Å². The summed E-state index contributed by atoms with van der Waals surface area (Å²) in [5.41, 5.74) is 0.881. The van der Waals surface area contributed by atoms with Gasteiger partial charge in [-0.1, -0.05) is 36.9 Å². The fourth-order valence-electron chi connectivity index (χ4n) is 0.998. The van der Waals surface area contributed by atoms with Crippen molar-refractivity contribution < 1.29 is 0 Å². The van der Waals surface area contributed by atoms with Gasteiger partial charge in [-0.15, -0.1) is 0 Å². The van der Waals surface area contributed by atoms with Gasteiger partial charge in [-0.05, 0) is 13.0 Å². The highest BCUT2D eigenvalue weighted by atomic mass is 35.5. The Hall–Kier alpha value is -1.08. The number of rotatable bonds is 1. The highest BCUT2D eigenvalue weighted by Crippen LogP contribution is 1.99. The molecule has 1 aromatic rings. The number of aryl methyl sites for hydroxylation is 1. The van der Waals surface area contributed by atoms with E-state index in [0.29, 0.717) is 10.4 Å². The Bertz CT molecular complexity index is 407. The highest BCUT2D eigenvalue weighted by Gasteiger charge is 1.93. The van der Waals surface area contributed by atoms with Crippen LogP contribution in [0.15, 0.2) is 18.7 Å². The van der Waals surface area contributed by atoms with Gasteiger partial charge in [0.15, 0.2) is 0 Å². The molecule has 0 aromatic carbocycles. The molecule has 12 heavy (non-hydrogen) atoms. The number of hydrogen-bond donors (Lipinski definition) is 0. The third-order valence-corrected chi connectivity index (χ3v) is 1.81. The summed E-state index contributed by atoms with van der Waals surface area (Å²) >= 11 is 5.95. The summed E-state index contributed by atoms with van der Waals surface area (Å²) in [4.78, 5) is 4.18. The zero-order valence-corrected chi connectivity index (χ0v) is 7.73. The summed E-state index contributed by atoms with van der Waals surface area (Å²) in [6.07, 6.45) is 3.48. The molecule has 0 amide bonds. The molecule has 0 saturated heterocycles. The SMILES string of the molecule is C=CC=c1c(Cl)cc(C)nc1=C. The van der Waals surface area contributed by atoms with Crippen LogP contribution in [0.1, 0.15) is 5.69 Å². The second-order valence-electron chi connectivity index (χ2n) is 2.51. The Kier molecular flexibility index (Phi) is 2.66. The molecule has 0 aliphatic rings. The molecule has 1 nitrogen and oxygen atoms in total. The summed E-state index contributed by atoms with van der Waals surface area (Å²) < 4.78 is 0. The summed E-state index contributed by atoms with van der Waals surface area (Å²) in [7, 11) is 0. The average Bonchev–Trinajstić information content (AvgIpc) is 1.96. The van der Waals surface area contributed by atoms with Gasteiger partial charge >= 0.3 is 0 Å². The van der Waals surface area contributed by atoms with E-state index in [1.165, 1.54) is 0 Å². The summed E-state index contributed by atoms with van der Waals surface area (Å²) in [5, 5.41) is 2.21. The third kappa shape index (κ3) is 1.74. The molecule has 1 heterocycles. The first-order chi connectivity index (χ1) is 5.65. The van der Waals surface area contributed by atoms with Crippen LogP contribution in [0.4, 0.5) is 0 Å². The first-order valence-electron chi connectivity index (χ1n) is 3.60. The lowest BCUT2D eigenvalue weighted by Crippen LogP contribution is -2.28. The van der Waals surface area contributed by atoms with Crippen molar-refractivity contribution in [3.05, 3.63) is 40.0 Å². The molecule has 0 bridgehead atoms. The fraction of sp³-hybridized carbons (Fsp3) is 0.100. The van der Waals surface area contributed by atoms with Crippen LogP contribution in [-0.4, -0.2) is 4.98 Å². The molecule has 0 saturated carbocycles. The van der Waals surface area contributed by atoms with Gasteiger partial charge in [0.25, 0.3) is 0 Å². The smallest absolute Gasteiger partial charge is 0.0648 e. The fourth-order valence-corrected chi connectivity index (χ4v) is 1.33. The lowest BCUT2D eigenvalue weighted by molar-refractivity contribution is 1.14. The van der Waals surface area contributed by atoms with Crippen LogP contribution in [0.2, 0.25) is 5.02 Å². The second-order valence-corrected chi connectivity index (χ2v) is 2.92. The Labute approximate surface area is 76.7 Å². The Morgan fingerprint density at radius 2 is 2.25 bits per heavy atom. The van der Waals surface area contributed by atoms with Gasteiger partial charge in [0.2, 0.25) is 0 Å². The van der Waals surface area contributed by atoms with E-state index in [-0.39, 0.29) is 0 Å². The summed E-state index contributed by atoms with van der Waals surface area (Å²) in [6, 6.07) is 1.81. The van der Waals surface area contributed by atoms with Gasteiger partial charge < -0.3 is 0 Å². The van der Waals surface area contributed by atoms with Crippen LogP contribution in [0.5, 0.6) is 0 Å². The molecule has 62 valence electrons. The number of nitrogens with zero attached hydrogens (tertiary/aromatic N) is 1. The van der Waals surface area contributed by atoms with Crippen LogP contribution >= 0.6 is 11.6 Å². The highest BCUT2D eigenvalue weighted by molar-refractivity contribution is 6.30. The van der Waals surface area contributed by atoms with E-state index in [0.717, 1.165) is 10.9 Å². The summed E-state index contributed by atoms with van der Waals surface area (Å²) in [6.45, 7) is 9.26. The predicted octanol–water partition coefficient (Wildman–Crippen LogP) is 1.42. The summed E-state index contributed by atoms with van der Waals surface area (Å²) in [5.74, 6) is 0. The number of aromatic nitrogens is 1. The molecule has 2 heteroatoms. The van der Waals surface area contributed by atoms with Crippen molar-refractivity contribution in [1.82, 2.24) is 4.98 Å². The van der Waals surface area contributed by atoms with Crippen LogP contribution in [0, 0.1) is 6.92 Å². The van der Waals surface area contributed by atoms with Crippen molar-refractivity contribution >= 4 is 24.3 Å². The monoisotopic (exact) mass is 179 g/mol. The molecule has 0 unspecified atom stereocenters. The van der Waals surface area contributed by atoms with Gasteiger partial charge in [-0.25, -0.2) is 0 Å². The predicted molar refractivity (Wildman–Crippen MR) is 53.4 cm³/mol. The third-order valence-electron chi connectivity index (χ3n) is 1.50. The molecule has 0 radical (unpaired) electrons. The van der Waals surface area contributed by atoms with Crippen LogP contribution in [0.3, 0.4) is 0 Å². The van der Waals surface area contributed by atoms with E-state index in [4.69, 9.17) is 11.6 Å². The van der Waals surface area contributed by atoms with Gasteiger partial charge in [-0.3, -0.25) is 4.98 Å². The molecule has 0 aliphatic carbocycles. The van der Waals surface area contributed by atoms with Crippen molar-refractivity contribution in [1.29, 1.82) is 0 Å². The molecular weight excluding hydrogens is 170 g/mol. The maximum atomic E-state index is 5.95. The molecule has 1 aromatic heterocycles. The standard InChI is InChI=1S/C10H10ClN/c1-4-5-9-8(3)12-7(2)6-10(9)11/h4-6H,1,3H2,2H3. The van der Waals surface area contributed by atoms with E-state index in [1.807, 2.05) is 13.0 Å². The molecule has 0 N–H and O–H groups in total. The number of pyridine rings is 1. The van der Waals surface area contributed by atoms with Gasteiger partial charge in [0, 0.05) is 10.9 Å². The molecular formula is C10H10ClN. The first kappa shape index (κ1) is 9.01. The van der Waals surface area contributed by atoms with E-state index >= 15 is 0 Å². The minimum absolute atomic E-state index is 0.674. The minimum Gasteiger partial charge on any atom is -0.254 e. The average molecular weight is 180 g/mol. The minimum atomic E-state index is 0.674. The van der Waals surface area contributed by atoms with E-state index < -0.39 is 0 Å². The number of allylic oxidation sites excluding steroid dienone is 1. The molecule has 1 rings (SSSR count). The van der Waals surface area contributed by atoms with Crippen LogP contribution in [0.25, 0.3) is 12.7 Å². The van der Waals surface area contributed by atoms with Crippen molar-refractivity contribution in [2.75, 3.05) is 0 Å². The van der Waals surface area contributed by atoms with Gasteiger partial charge in [-0.2, -0.15) is 0 Å². The van der Waals surface area contributed by atoms with Gasteiger partial charge in [0.1, 0.15) is 0 Å². The topological polar surface area (TPSA) is 12.9 Å². The maximum Gasteiger partial charge on any atom is 0.0648 e.